The van der Waals surface area contributed by atoms with Crippen LogP contribution in [0.3, 0.4) is 0 Å². The number of amides is 2. The van der Waals surface area contributed by atoms with E-state index in [0.29, 0.717) is 17.9 Å². The van der Waals surface area contributed by atoms with Crippen LogP contribution in [0.5, 0.6) is 5.75 Å². The van der Waals surface area contributed by atoms with E-state index in [4.69, 9.17) is 4.74 Å². The number of ether oxygens (including phenoxy) is 1. The highest BCUT2D eigenvalue weighted by Gasteiger charge is 2.35. The Morgan fingerprint density at radius 1 is 0.909 bits per heavy atom. The lowest BCUT2D eigenvalue weighted by atomic mass is 9.95. The fourth-order valence-corrected chi connectivity index (χ4v) is 7.31. The summed E-state index contributed by atoms with van der Waals surface area (Å²) in [5.74, 6) is 0.0155. The molecule has 1 atom stereocenters. The van der Waals surface area contributed by atoms with Crippen LogP contribution >= 0.6 is 0 Å². The molecule has 0 heterocycles. The number of hydrogen-bond acceptors (Lipinski definition) is 5. The minimum Gasteiger partial charge on any atom is -0.497 e. The molecule has 4 rings (SSSR count). The van der Waals surface area contributed by atoms with Crippen molar-refractivity contribution in [1.82, 2.24) is 10.2 Å². The Hall–Kier alpha value is -3.85. The van der Waals surface area contributed by atoms with E-state index >= 15 is 0 Å². The van der Waals surface area contributed by atoms with Crippen molar-refractivity contribution in [1.29, 1.82) is 0 Å². The van der Waals surface area contributed by atoms with Gasteiger partial charge in [-0.2, -0.15) is 0 Å². The SMILES string of the molecule is CC[C@H](C(=O)NC1CCCCC1)N(Cc1ccc(OC)cc1)C(=O)CN(c1ccc(C)cc1C)S(=O)(=O)c1ccc(C)cc1. The molecular formula is C35H45N3O5S. The van der Waals surface area contributed by atoms with Gasteiger partial charge in [0, 0.05) is 12.6 Å². The van der Waals surface area contributed by atoms with Gasteiger partial charge in [0.25, 0.3) is 10.0 Å². The summed E-state index contributed by atoms with van der Waals surface area (Å²) >= 11 is 0. The van der Waals surface area contributed by atoms with Gasteiger partial charge in [0.1, 0.15) is 18.3 Å². The molecule has 8 nitrogen and oxygen atoms in total. The highest BCUT2D eigenvalue weighted by Crippen LogP contribution is 2.29. The fraction of sp³-hybridized carbons (Fsp3) is 0.429. The predicted octanol–water partition coefficient (Wildman–Crippen LogP) is 6.07. The first-order chi connectivity index (χ1) is 21.0. The van der Waals surface area contributed by atoms with E-state index < -0.39 is 28.5 Å². The van der Waals surface area contributed by atoms with E-state index in [1.807, 2.05) is 64.1 Å². The van der Waals surface area contributed by atoms with Crippen LogP contribution in [0.25, 0.3) is 0 Å². The first-order valence-electron chi connectivity index (χ1n) is 15.4. The van der Waals surface area contributed by atoms with Crippen molar-refractivity contribution in [2.45, 2.75) is 89.7 Å². The molecule has 0 bridgehead atoms. The largest absolute Gasteiger partial charge is 0.497 e. The molecule has 3 aromatic carbocycles. The average Bonchev–Trinajstić information content (AvgIpc) is 3.01. The van der Waals surface area contributed by atoms with Crippen LogP contribution < -0.4 is 14.4 Å². The summed E-state index contributed by atoms with van der Waals surface area (Å²) in [6.07, 6.45) is 5.52. The van der Waals surface area contributed by atoms with E-state index in [-0.39, 0.29) is 23.4 Å². The van der Waals surface area contributed by atoms with Gasteiger partial charge in [-0.15, -0.1) is 0 Å². The van der Waals surface area contributed by atoms with Gasteiger partial charge in [0.05, 0.1) is 17.7 Å². The molecule has 0 radical (unpaired) electrons. The summed E-state index contributed by atoms with van der Waals surface area (Å²) in [5.41, 5.74) is 3.88. The Bertz CT molecular complexity index is 1530. The van der Waals surface area contributed by atoms with Crippen molar-refractivity contribution >= 4 is 27.5 Å². The molecule has 236 valence electrons. The van der Waals surface area contributed by atoms with Crippen LogP contribution in [-0.2, 0) is 26.2 Å². The minimum atomic E-state index is -4.12. The highest BCUT2D eigenvalue weighted by molar-refractivity contribution is 7.92. The summed E-state index contributed by atoms with van der Waals surface area (Å²) in [4.78, 5) is 29.7. The van der Waals surface area contributed by atoms with E-state index in [2.05, 4.69) is 5.32 Å². The van der Waals surface area contributed by atoms with Gasteiger partial charge in [-0.25, -0.2) is 8.42 Å². The first-order valence-corrected chi connectivity index (χ1v) is 16.9. The van der Waals surface area contributed by atoms with Crippen LogP contribution in [0.2, 0.25) is 0 Å². The normalized spacial score (nSPS) is 14.5. The Kier molecular flexibility index (Phi) is 11.1. The molecule has 2 amide bonds. The maximum atomic E-state index is 14.4. The molecule has 1 fully saturated rings. The lowest BCUT2D eigenvalue weighted by Crippen LogP contribution is -2.54. The van der Waals surface area contributed by atoms with Gasteiger partial charge >= 0.3 is 0 Å². The van der Waals surface area contributed by atoms with Gasteiger partial charge < -0.3 is 15.0 Å². The zero-order valence-electron chi connectivity index (χ0n) is 26.5. The summed E-state index contributed by atoms with van der Waals surface area (Å²) in [7, 11) is -2.54. The maximum absolute atomic E-state index is 14.4. The van der Waals surface area contributed by atoms with Gasteiger partial charge in [-0.1, -0.05) is 73.7 Å². The molecule has 1 N–H and O–H groups in total. The number of carbonyl (C=O) groups excluding carboxylic acids is 2. The maximum Gasteiger partial charge on any atom is 0.264 e. The molecule has 1 aliphatic rings. The van der Waals surface area contributed by atoms with Gasteiger partial charge in [-0.05, 0) is 81.5 Å². The third kappa shape index (κ3) is 8.00. The Balaban J connectivity index is 1.73. The molecule has 9 heteroatoms. The van der Waals surface area contributed by atoms with E-state index in [0.717, 1.165) is 54.4 Å². The molecule has 0 aliphatic heterocycles. The zero-order valence-corrected chi connectivity index (χ0v) is 27.3. The second-order valence-corrected chi connectivity index (χ2v) is 13.6. The van der Waals surface area contributed by atoms with Crippen LogP contribution in [0.1, 0.15) is 67.7 Å². The number of nitrogens with one attached hydrogen (secondary N) is 1. The number of methoxy groups -OCH3 is 1. The number of anilines is 1. The summed E-state index contributed by atoms with van der Waals surface area (Å²) in [6, 6.07) is 18.7. The van der Waals surface area contributed by atoms with Crippen molar-refractivity contribution in [2.75, 3.05) is 18.0 Å². The van der Waals surface area contributed by atoms with Crippen LogP contribution in [0.15, 0.2) is 71.6 Å². The molecular weight excluding hydrogens is 574 g/mol. The number of sulfonamides is 1. The smallest absolute Gasteiger partial charge is 0.264 e. The Labute approximate surface area is 262 Å². The highest BCUT2D eigenvalue weighted by atomic mass is 32.2. The van der Waals surface area contributed by atoms with Crippen LogP contribution in [0.4, 0.5) is 5.69 Å². The van der Waals surface area contributed by atoms with E-state index in [1.165, 1.54) is 9.21 Å². The summed E-state index contributed by atoms with van der Waals surface area (Å²) < 4.78 is 34.8. The van der Waals surface area contributed by atoms with E-state index in [1.54, 1.807) is 37.4 Å². The van der Waals surface area contributed by atoms with Crippen LogP contribution in [0, 0.1) is 20.8 Å². The second-order valence-electron chi connectivity index (χ2n) is 11.8. The topological polar surface area (TPSA) is 96.0 Å². The lowest BCUT2D eigenvalue weighted by Gasteiger charge is -2.34. The quantitative estimate of drug-likeness (QED) is 0.266. The Morgan fingerprint density at radius 2 is 1.55 bits per heavy atom. The van der Waals surface area contributed by atoms with Gasteiger partial charge in [-0.3, -0.25) is 13.9 Å². The average molecular weight is 620 g/mol. The third-order valence-corrected chi connectivity index (χ3v) is 10.1. The van der Waals surface area contributed by atoms with Crippen molar-refractivity contribution in [3.63, 3.8) is 0 Å². The number of hydrogen-bond donors (Lipinski definition) is 1. The molecule has 0 aromatic heterocycles. The summed E-state index contributed by atoms with van der Waals surface area (Å²) in [6.45, 7) is 7.24. The third-order valence-electron chi connectivity index (χ3n) is 8.36. The molecule has 0 unspecified atom stereocenters. The minimum absolute atomic E-state index is 0.0804. The van der Waals surface area contributed by atoms with E-state index in [9.17, 15) is 18.0 Å². The molecule has 0 spiro atoms. The number of nitrogens with zero attached hydrogens (tertiary/aromatic N) is 2. The predicted molar refractivity (Wildman–Crippen MR) is 174 cm³/mol. The Morgan fingerprint density at radius 3 is 2.14 bits per heavy atom. The van der Waals surface area contributed by atoms with Crippen LogP contribution in [-0.4, -0.2) is 50.9 Å². The second kappa shape index (κ2) is 14.8. The van der Waals surface area contributed by atoms with Crippen molar-refractivity contribution in [2.24, 2.45) is 0 Å². The lowest BCUT2D eigenvalue weighted by molar-refractivity contribution is -0.140. The molecule has 44 heavy (non-hydrogen) atoms. The summed E-state index contributed by atoms with van der Waals surface area (Å²) in [5, 5.41) is 3.19. The molecule has 0 saturated heterocycles. The number of carbonyl (C=O) groups is 2. The molecule has 1 saturated carbocycles. The van der Waals surface area contributed by atoms with Crippen molar-refractivity contribution < 1.29 is 22.7 Å². The first kappa shape index (κ1) is 33.1. The molecule has 3 aromatic rings. The standard InChI is InChI=1S/C35H45N3O5S/c1-6-32(35(40)36-29-10-8-7-9-11-29)37(23-28-15-17-30(43-5)18-16-28)34(39)24-38(33-21-14-26(3)22-27(33)4)44(41,42)31-19-12-25(2)13-20-31/h12-22,29,32H,6-11,23-24H2,1-5H3,(H,36,40)/t32-/m1/s1. The monoisotopic (exact) mass is 619 g/mol. The van der Waals surface area contributed by atoms with Crippen molar-refractivity contribution in [3.8, 4) is 5.75 Å². The van der Waals surface area contributed by atoms with Crippen molar-refractivity contribution in [3.05, 3.63) is 89.0 Å². The van der Waals surface area contributed by atoms with Gasteiger partial charge in [0.15, 0.2) is 0 Å². The van der Waals surface area contributed by atoms with Gasteiger partial charge in [0.2, 0.25) is 11.8 Å². The zero-order chi connectivity index (χ0) is 31.9. The fourth-order valence-electron chi connectivity index (χ4n) is 5.83. The number of benzene rings is 3. The number of rotatable bonds is 12. The number of aryl methyl sites for hydroxylation is 3. The molecule has 1 aliphatic carbocycles.